The number of hydrogen-bond acceptors (Lipinski definition) is 6. The van der Waals surface area contributed by atoms with Gasteiger partial charge in [0.15, 0.2) is 0 Å². The van der Waals surface area contributed by atoms with Crippen LogP contribution in [-0.4, -0.2) is 74.2 Å². The van der Waals surface area contributed by atoms with Crippen molar-refractivity contribution in [3.05, 3.63) is 35.4 Å². The summed E-state index contributed by atoms with van der Waals surface area (Å²) in [5, 5.41) is 0. The van der Waals surface area contributed by atoms with Crippen LogP contribution in [0.2, 0.25) is 0 Å². The average Bonchev–Trinajstić information content (AvgIpc) is 3.01. The summed E-state index contributed by atoms with van der Waals surface area (Å²) in [6.07, 6.45) is 21.0. The van der Waals surface area contributed by atoms with Gasteiger partial charge in [0.1, 0.15) is 13.2 Å². The van der Waals surface area contributed by atoms with E-state index in [2.05, 4.69) is 37.5 Å². The summed E-state index contributed by atoms with van der Waals surface area (Å²) in [5.41, 5.74) is 0.779. The standard InChI is InChI=1S/C36H64N2O4/c1-5-9-11-13-15-17-19-21-26-37(7-3)28-30-41-35(39)33-24-23-25-34(32-33)36(40)42-31-29-38(8-4)27-22-20-18-16-14-12-10-6-2/h23-25,32H,5-22,26-31H2,1-4H3. The third-order valence-corrected chi connectivity index (χ3v) is 8.17. The minimum Gasteiger partial charge on any atom is -0.461 e. The van der Waals surface area contributed by atoms with Gasteiger partial charge < -0.3 is 19.3 Å². The molecule has 0 heterocycles. The lowest BCUT2D eigenvalue weighted by atomic mass is 10.1. The molecule has 0 atom stereocenters. The molecule has 0 amide bonds. The first-order valence-corrected chi connectivity index (χ1v) is 17.4. The second-order valence-corrected chi connectivity index (χ2v) is 11.7. The van der Waals surface area contributed by atoms with Gasteiger partial charge in [0, 0.05) is 13.1 Å². The second-order valence-electron chi connectivity index (χ2n) is 11.7. The Bertz CT molecular complexity index is 739. The van der Waals surface area contributed by atoms with Crippen LogP contribution < -0.4 is 0 Å². The number of benzene rings is 1. The molecule has 1 rings (SSSR count). The first kappa shape index (κ1) is 38.1. The highest BCUT2D eigenvalue weighted by molar-refractivity contribution is 5.95. The van der Waals surface area contributed by atoms with Crippen LogP contribution in [-0.2, 0) is 9.47 Å². The van der Waals surface area contributed by atoms with E-state index in [1.807, 2.05) is 0 Å². The van der Waals surface area contributed by atoms with Crippen LogP contribution in [0.1, 0.15) is 151 Å². The average molecular weight is 589 g/mol. The number of likely N-dealkylation sites (N-methyl/N-ethyl adjacent to an activating group) is 2. The number of rotatable bonds is 28. The molecule has 1 aromatic carbocycles. The van der Waals surface area contributed by atoms with E-state index in [4.69, 9.17) is 9.47 Å². The van der Waals surface area contributed by atoms with Crippen LogP contribution >= 0.6 is 0 Å². The Morgan fingerprint density at radius 1 is 0.524 bits per heavy atom. The van der Waals surface area contributed by atoms with Crippen molar-refractivity contribution in [3.8, 4) is 0 Å². The molecule has 0 fully saturated rings. The van der Waals surface area contributed by atoms with Crippen LogP contribution in [0.4, 0.5) is 0 Å². The van der Waals surface area contributed by atoms with Crippen LogP contribution in [0.15, 0.2) is 24.3 Å². The van der Waals surface area contributed by atoms with Crippen molar-refractivity contribution in [2.45, 2.75) is 130 Å². The summed E-state index contributed by atoms with van der Waals surface area (Å²) in [6, 6.07) is 6.69. The molecule has 242 valence electrons. The Balaban J connectivity index is 2.28. The van der Waals surface area contributed by atoms with Gasteiger partial charge >= 0.3 is 11.9 Å². The maximum absolute atomic E-state index is 12.7. The Hall–Kier alpha value is -1.92. The zero-order chi connectivity index (χ0) is 30.7. The topological polar surface area (TPSA) is 59.1 Å². The lowest BCUT2D eigenvalue weighted by Crippen LogP contribution is -2.29. The molecule has 0 aliphatic carbocycles. The van der Waals surface area contributed by atoms with Gasteiger partial charge in [-0.15, -0.1) is 0 Å². The Morgan fingerprint density at radius 3 is 1.24 bits per heavy atom. The largest absolute Gasteiger partial charge is 0.461 e. The van der Waals surface area contributed by atoms with Crippen LogP contribution in [0.5, 0.6) is 0 Å². The van der Waals surface area contributed by atoms with E-state index in [9.17, 15) is 9.59 Å². The molecule has 0 unspecified atom stereocenters. The highest BCUT2D eigenvalue weighted by atomic mass is 16.5. The van der Waals surface area contributed by atoms with Crippen LogP contribution in [0.25, 0.3) is 0 Å². The van der Waals surface area contributed by atoms with Crippen molar-refractivity contribution in [1.29, 1.82) is 0 Å². The van der Waals surface area contributed by atoms with Crippen molar-refractivity contribution >= 4 is 11.9 Å². The number of unbranched alkanes of at least 4 members (excludes halogenated alkanes) is 14. The summed E-state index contributed by atoms with van der Waals surface area (Å²) < 4.78 is 11.1. The number of hydrogen-bond donors (Lipinski definition) is 0. The van der Waals surface area contributed by atoms with E-state index < -0.39 is 11.9 Å². The van der Waals surface area contributed by atoms with E-state index in [1.54, 1.807) is 24.3 Å². The maximum atomic E-state index is 12.7. The molecule has 0 saturated carbocycles. The van der Waals surface area contributed by atoms with Crippen molar-refractivity contribution in [2.24, 2.45) is 0 Å². The Kier molecular flexibility index (Phi) is 24.2. The predicted octanol–water partition coefficient (Wildman–Crippen LogP) is 8.93. The number of carbonyl (C=O) groups is 2. The molecule has 6 nitrogen and oxygen atoms in total. The highest BCUT2D eigenvalue weighted by Gasteiger charge is 2.14. The minimum atomic E-state index is -0.393. The zero-order valence-corrected chi connectivity index (χ0v) is 27.8. The zero-order valence-electron chi connectivity index (χ0n) is 27.8. The number of esters is 2. The molecule has 42 heavy (non-hydrogen) atoms. The quantitative estimate of drug-likeness (QED) is 0.0719. The van der Waals surface area contributed by atoms with E-state index >= 15 is 0 Å². The fraction of sp³-hybridized carbons (Fsp3) is 0.778. The molecule has 6 heteroatoms. The molecule has 0 aliphatic heterocycles. The summed E-state index contributed by atoms with van der Waals surface area (Å²) in [6.45, 7) is 15.0. The Labute approximate surface area is 258 Å². The molecule has 0 radical (unpaired) electrons. The molecule has 0 spiro atoms. The first-order chi connectivity index (χ1) is 20.5. The number of ether oxygens (including phenoxy) is 2. The maximum Gasteiger partial charge on any atom is 0.338 e. The van der Waals surface area contributed by atoms with E-state index in [1.165, 1.54) is 103 Å². The smallest absolute Gasteiger partial charge is 0.338 e. The molecular weight excluding hydrogens is 524 g/mol. The monoisotopic (exact) mass is 588 g/mol. The first-order valence-electron chi connectivity index (χ1n) is 17.4. The molecular formula is C36H64N2O4. The van der Waals surface area contributed by atoms with Gasteiger partial charge in [0.2, 0.25) is 0 Å². The highest BCUT2D eigenvalue weighted by Crippen LogP contribution is 2.12. The third kappa shape index (κ3) is 19.3. The van der Waals surface area contributed by atoms with Gasteiger partial charge in [-0.1, -0.05) is 124 Å². The predicted molar refractivity (Wildman–Crippen MR) is 176 cm³/mol. The Morgan fingerprint density at radius 2 is 0.881 bits per heavy atom. The van der Waals surface area contributed by atoms with Crippen molar-refractivity contribution in [1.82, 2.24) is 9.80 Å². The second kappa shape index (κ2) is 26.7. The molecule has 0 N–H and O–H groups in total. The van der Waals surface area contributed by atoms with Crippen LogP contribution in [0, 0.1) is 0 Å². The summed E-state index contributed by atoms with van der Waals surface area (Å²) in [7, 11) is 0. The lowest BCUT2D eigenvalue weighted by Gasteiger charge is -2.20. The number of carbonyl (C=O) groups excluding carboxylic acids is 2. The lowest BCUT2D eigenvalue weighted by molar-refractivity contribution is 0.0461. The van der Waals surface area contributed by atoms with E-state index in [-0.39, 0.29) is 0 Å². The van der Waals surface area contributed by atoms with Gasteiger partial charge in [-0.3, -0.25) is 0 Å². The third-order valence-electron chi connectivity index (χ3n) is 8.17. The fourth-order valence-corrected chi connectivity index (χ4v) is 5.27. The van der Waals surface area contributed by atoms with Gasteiger partial charge in [-0.05, 0) is 57.2 Å². The van der Waals surface area contributed by atoms with Crippen molar-refractivity contribution in [2.75, 3.05) is 52.5 Å². The van der Waals surface area contributed by atoms with Gasteiger partial charge in [0.05, 0.1) is 11.1 Å². The SMILES string of the molecule is CCCCCCCCCCN(CC)CCOC(=O)c1cccc(C(=O)OCCN(CC)CCCCCCCCCC)c1. The normalized spacial score (nSPS) is 11.4. The fourth-order valence-electron chi connectivity index (χ4n) is 5.27. The summed E-state index contributed by atoms with van der Waals surface area (Å²) in [4.78, 5) is 30.0. The summed E-state index contributed by atoms with van der Waals surface area (Å²) >= 11 is 0. The molecule has 0 aromatic heterocycles. The van der Waals surface area contributed by atoms with Crippen molar-refractivity contribution < 1.29 is 19.1 Å². The van der Waals surface area contributed by atoms with Gasteiger partial charge in [0.25, 0.3) is 0 Å². The number of nitrogens with zero attached hydrogens (tertiary/aromatic N) is 2. The van der Waals surface area contributed by atoms with Crippen LogP contribution in [0.3, 0.4) is 0 Å². The van der Waals surface area contributed by atoms with Gasteiger partial charge in [-0.25, -0.2) is 9.59 Å². The molecule has 0 bridgehead atoms. The van der Waals surface area contributed by atoms with Crippen molar-refractivity contribution in [3.63, 3.8) is 0 Å². The van der Waals surface area contributed by atoms with Gasteiger partial charge in [-0.2, -0.15) is 0 Å². The van der Waals surface area contributed by atoms with E-state index in [0.29, 0.717) is 24.3 Å². The molecule has 0 aliphatic rings. The minimum absolute atomic E-state index is 0.351. The summed E-state index contributed by atoms with van der Waals surface area (Å²) in [5.74, 6) is -0.786. The molecule has 0 saturated heterocycles. The van der Waals surface area contributed by atoms with E-state index in [0.717, 1.165) is 39.3 Å². The molecule has 1 aromatic rings.